The third-order valence-corrected chi connectivity index (χ3v) is 4.46. The molecule has 0 N–H and O–H groups in total. The second kappa shape index (κ2) is 7.28. The molecule has 0 fully saturated rings. The Labute approximate surface area is 132 Å². The summed E-state index contributed by atoms with van der Waals surface area (Å²) in [6, 6.07) is 16.9. The molecule has 2 aromatic carbocycles. The van der Waals surface area contributed by atoms with Gasteiger partial charge in [-0.05, 0) is 32.9 Å². The average molecular weight is 296 g/mol. The minimum atomic E-state index is 1.24. The van der Waals surface area contributed by atoms with E-state index in [0.717, 1.165) is 0 Å². The van der Waals surface area contributed by atoms with Crippen molar-refractivity contribution in [1.82, 2.24) is 0 Å². The average Bonchev–Trinajstić information content (AvgIpc) is 2.47. The van der Waals surface area contributed by atoms with Crippen LogP contribution in [0.1, 0.15) is 18.1 Å². The zero-order valence-corrected chi connectivity index (χ0v) is 13.9. The van der Waals surface area contributed by atoms with Gasteiger partial charge in [-0.3, -0.25) is 0 Å². The Morgan fingerprint density at radius 1 is 0.952 bits per heavy atom. The lowest BCUT2D eigenvalue weighted by Crippen LogP contribution is -2.04. The first-order valence-electron chi connectivity index (χ1n) is 7.15. The molecular formula is C19H22NS+. The highest BCUT2D eigenvalue weighted by atomic mass is 32.2. The quantitative estimate of drug-likeness (QED) is 0.418. The number of para-hydroxylation sites is 1. The fourth-order valence-corrected chi connectivity index (χ4v) is 3.30. The van der Waals surface area contributed by atoms with Crippen LogP contribution >= 0.6 is 11.8 Å². The van der Waals surface area contributed by atoms with Crippen LogP contribution in [-0.2, 0) is 0 Å². The summed E-state index contributed by atoms with van der Waals surface area (Å²) in [4.78, 5) is 2.50. The van der Waals surface area contributed by atoms with E-state index >= 15 is 0 Å². The highest BCUT2D eigenvalue weighted by Gasteiger charge is 2.12. The maximum absolute atomic E-state index is 2.22. The number of nitrogens with zero attached hydrogens (tertiary/aromatic N) is 1. The van der Waals surface area contributed by atoms with Gasteiger partial charge < -0.3 is 0 Å². The Kier molecular flexibility index (Phi) is 5.40. The van der Waals surface area contributed by atoms with Crippen LogP contribution < -0.4 is 0 Å². The molecule has 0 heterocycles. The van der Waals surface area contributed by atoms with E-state index in [4.69, 9.17) is 0 Å². The molecule has 108 valence electrons. The maximum Gasteiger partial charge on any atom is 0.210 e. The first-order valence-corrected chi connectivity index (χ1v) is 7.96. The van der Waals surface area contributed by atoms with Crippen molar-refractivity contribution in [2.75, 3.05) is 7.05 Å². The molecule has 2 rings (SSSR count). The van der Waals surface area contributed by atoms with E-state index in [0.29, 0.717) is 0 Å². The Morgan fingerprint density at radius 3 is 2.14 bits per heavy atom. The molecule has 0 aliphatic heterocycles. The summed E-state index contributed by atoms with van der Waals surface area (Å²) in [5, 5.41) is 0. The molecule has 21 heavy (non-hydrogen) atoms. The Hall–Kier alpha value is -1.80. The van der Waals surface area contributed by atoms with Crippen LogP contribution in [0.25, 0.3) is 0 Å². The molecule has 0 aromatic heterocycles. The maximum atomic E-state index is 2.22. The fraction of sp³-hybridized carbons (Fsp3) is 0.211. The van der Waals surface area contributed by atoms with E-state index in [-0.39, 0.29) is 0 Å². The predicted octanol–water partition coefficient (Wildman–Crippen LogP) is 5.34. The number of allylic oxidation sites excluding steroid dienone is 2. The Bertz CT molecular complexity index is 649. The van der Waals surface area contributed by atoms with Crippen molar-refractivity contribution in [2.45, 2.75) is 25.7 Å². The largest absolute Gasteiger partial charge is 0.210 e. The molecule has 0 aliphatic carbocycles. The highest BCUT2D eigenvalue weighted by Crippen LogP contribution is 2.27. The van der Waals surface area contributed by atoms with Gasteiger partial charge in [0.15, 0.2) is 6.21 Å². The monoisotopic (exact) mass is 296 g/mol. The lowest BCUT2D eigenvalue weighted by Gasteiger charge is -2.06. The molecule has 0 saturated heterocycles. The molecule has 2 aromatic rings. The Morgan fingerprint density at radius 2 is 1.57 bits per heavy atom. The smallest absolute Gasteiger partial charge is 0.200 e. The lowest BCUT2D eigenvalue weighted by molar-refractivity contribution is -0.400. The van der Waals surface area contributed by atoms with Gasteiger partial charge in [-0.1, -0.05) is 54.2 Å². The summed E-state index contributed by atoms with van der Waals surface area (Å²) < 4.78 is 2.22. The molecule has 1 nitrogen and oxygen atoms in total. The molecule has 0 radical (unpaired) electrons. The second-order valence-corrected chi connectivity index (χ2v) is 6.23. The predicted molar refractivity (Wildman–Crippen MR) is 93.9 cm³/mol. The minimum absolute atomic E-state index is 1.24. The van der Waals surface area contributed by atoms with E-state index in [1.165, 1.54) is 26.6 Å². The number of hydrogen-bond donors (Lipinski definition) is 0. The van der Waals surface area contributed by atoms with E-state index in [2.05, 4.69) is 87.1 Å². The van der Waals surface area contributed by atoms with Gasteiger partial charge in [0, 0.05) is 16.0 Å². The van der Waals surface area contributed by atoms with E-state index < -0.39 is 0 Å². The summed E-state index contributed by atoms with van der Waals surface area (Å²) in [6.45, 7) is 6.40. The normalized spacial score (nSPS) is 12.6. The van der Waals surface area contributed by atoms with Crippen LogP contribution in [0.5, 0.6) is 0 Å². The molecular weight excluding hydrogens is 274 g/mol. The number of benzene rings is 2. The third-order valence-electron chi connectivity index (χ3n) is 3.38. The lowest BCUT2D eigenvalue weighted by atomic mass is 10.1. The van der Waals surface area contributed by atoms with Crippen LogP contribution in [-0.4, -0.2) is 17.8 Å². The fourth-order valence-electron chi connectivity index (χ4n) is 2.40. The summed E-state index contributed by atoms with van der Waals surface area (Å²) in [7, 11) is 2.12. The van der Waals surface area contributed by atoms with E-state index in [9.17, 15) is 0 Å². The van der Waals surface area contributed by atoms with Crippen molar-refractivity contribution in [3.63, 3.8) is 0 Å². The van der Waals surface area contributed by atoms with Crippen molar-refractivity contribution in [3.8, 4) is 0 Å². The number of thioether (sulfide) groups is 1. The zero-order chi connectivity index (χ0) is 15.2. The summed E-state index contributed by atoms with van der Waals surface area (Å²) >= 11 is 1.79. The van der Waals surface area contributed by atoms with Crippen molar-refractivity contribution in [2.24, 2.45) is 0 Å². The van der Waals surface area contributed by atoms with Gasteiger partial charge in [0.05, 0.1) is 4.91 Å². The van der Waals surface area contributed by atoms with Crippen molar-refractivity contribution in [1.29, 1.82) is 0 Å². The third kappa shape index (κ3) is 4.08. The minimum Gasteiger partial charge on any atom is -0.200 e. The van der Waals surface area contributed by atoms with Gasteiger partial charge >= 0.3 is 0 Å². The molecule has 2 heteroatoms. The van der Waals surface area contributed by atoms with Crippen molar-refractivity contribution < 1.29 is 4.58 Å². The first-order chi connectivity index (χ1) is 10.1. The molecule has 0 atom stereocenters. The van der Waals surface area contributed by atoms with Crippen LogP contribution in [0, 0.1) is 13.8 Å². The van der Waals surface area contributed by atoms with Gasteiger partial charge in [-0.2, -0.15) is 4.58 Å². The van der Waals surface area contributed by atoms with E-state index in [1.807, 2.05) is 6.07 Å². The molecule has 0 aliphatic rings. The molecule has 0 spiro atoms. The van der Waals surface area contributed by atoms with Gasteiger partial charge in [0.25, 0.3) is 0 Å². The van der Waals surface area contributed by atoms with Crippen molar-refractivity contribution >= 4 is 23.7 Å². The van der Waals surface area contributed by atoms with Crippen LogP contribution in [0.4, 0.5) is 5.69 Å². The van der Waals surface area contributed by atoms with Gasteiger partial charge in [-0.25, -0.2) is 0 Å². The SMILES string of the molecule is C/C=C(\C=[N+](C)c1c(C)cccc1C)Sc1ccccc1. The highest BCUT2D eigenvalue weighted by molar-refractivity contribution is 8.03. The van der Waals surface area contributed by atoms with Crippen molar-refractivity contribution in [3.05, 3.63) is 70.6 Å². The van der Waals surface area contributed by atoms with E-state index in [1.54, 1.807) is 11.8 Å². The van der Waals surface area contributed by atoms with Crippen LogP contribution in [0.3, 0.4) is 0 Å². The number of rotatable bonds is 4. The topological polar surface area (TPSA) is 3.01 Å². The van der Waals surface area contributed by atoms with Crippen LogP contribution in [0.15, 0.2) is 64.4 Å². The molecule has 0 unspecified atom stereocenters. The second-order valence-electron chi connectivity index (χ2n) is 5.09. The standard InChI is InChI=1S/C19H22NS/c1-5-17(21-18-12-7-6-8-13-18)14-20(4)19-15(2)10-9-11-16(19)3/h5-14H,1-4H3/q+1/b17-5+,20-14?. The number of aryl methyl sites for hydroxylation is 2. The van der Waals surface area contributed by atoms with Crippen LogP contribution in [0.2, 0.25) is 0 Å². The molecule has 0 bridgehead atoms. The summed E-state index contributed by atoms with van der Waals surface area (Å²) in [6.07, 6.45) is 4.36. The molecule has 0 amide bonds. The summed E-state index contributed by atoms with van der Waals surface area (Å²) in [5.74, 6) is 0. The Balaban J connectivity index is 2.28. The zero-order valence-electron chi connectivity index (χ0n) is 13.1. The molecule has 0 saturated carbocycles. The van der Waals surface area contributed by atoms with Gasteiger partial charge in [0.1, 0.15) is 7.05 Å². The first kappa shape index (κ1) is 15.6. The summed E-state index contributed by atoms with van der Waals surface area (Å²) in [5.41, 5.74) is 3.88. The van der Waals surface area contributed by atoms with Gasteiger partial charge in [0.2, 0.25) is 5.69 Å². The van der Waals surface area contributed by atoms with Gasteiger partial charge in [-0.15, -0.1) is 0 Å². The number of hydrogen-bond acceptors (Lipinski definition) is 1.